The van der Waals surface area contributed by atoms with Crippen molar-refractivity contribution in [3.63, 3.8) is 0 Å². The second-order valence-corrected chi connectivity index (χ2v) is 10.6. The molecule has 0 heterocycles. The van der Waals surface area contributed by atoms with Crippen molar-refractivity contribution in [3.8, 4) is 0 Å². The van der Waals surface area contributed by atoms with Gasteiger partial charge in [0.05, 0.1) is 29.1 Å². The van der Waals surface area contributed by atoms with Gasteiger partial charge < -0.3 is 15.7 Å². The molecule has 13 heteroatoms. The highest BCUT2D eigenvalue weighted by atomic mass is 35.5. The van der Waals surface area contributed by atoms with Gasteiger partial charge in [-0.25, -0.2) is 8.78 Å². The summed E-state index contributed by atoms with van der Waals surface area (Å²) >= 11 is 6.27. The number of aryl methyl sites for hydroxylation is 2. The lowest BCUT2D eigenvalue weighted by molar-refractivity contribution is -0.142. The molecule has 3 N–H and O–H groups in total. The third kappa shape index (κ3) is 8.15. The Kier molecular flexibility index (Phi) is 10.5. The van der Waals surface area contributed by atoms with Gasteiger partial charge in [0.1, 0.15) is 11.6 Å². The van der Waals surface area contributed by atoms with E-state index in [0.717, 1.165) is 17.7 Å². The van der Waals surface area contributed by atoms with Gasteiger partial charge in [0.15, 0.2) is 11.5 Å². The van der Waals surface area contributed by atoms with Crippen LogP contribution in [0.3, 0.4) is 0 Å². The van der Waals surface area contributed by atoms with E-state index in [2.05, 4.69) is 4.99 Å². The minimum atomic E-state index is -5.15. The van der Waals surface area contributed by atoms with E-state index in [1.807, 2.05) is 0 Å². The summed E-state index contributed by atoms with van der Waals surface area (Å²) in [6.45, 7) is 1.89. The molecular formula is C29H29ClF5N3O4. The van der Waals surface area contributed by atoms with Crippen LogP contribution in [0.2, 0.25) is 5.02 Å². The minimum Gasteiger partial charge on any atom is -0.481 e. The van der Waals surface area contributed by atoms with Crippen LogP contribution in [0.1, 0.15) is 52.7 Å². The summed E-state index contributed by atoms with van der Waals surface area (Å²) in [5.41, 5.74) is 3.97. The van der Waals surface area contributed by atoms with Gasteiger partial charge in [-0.2, -0.15) is 13.2 Å². The third-order valence-electron chi connectivity index (χ3n) is 6.91. The second kappa shape index (κ2) is 13.5. The van der Waals surface area contributed by atoms with Gasteiger partial charge in [-0.1, -0.05) is 17.7 Å². The van der Waals surface area contributed by atoms with Crippen LogP contribution in [0.5, 0.6) is 0 Å². The predicted octanol–water partition coefficient (Wildman–Crippen LogP) is 5.94. The van der Waals surface area contributed by atoms with Crippen molar-refractivity contribution in [1.29, 1.82) is 0 Å². The maximum absolute atomic E-state index is 14.3. The Morgan fingerprint density at radius 1 is 1.05 bits per heavy atom. The molecule has 0 saturated heterocycles. The van der Waals surface area contributed by atoms with E-state index >= 15 is 0 Å². The summed E-state index contributed by atoms with van der Waals surface area (Å²) < 4.78 is 70.7. The summed E-state index contributed by atoms with van der Waals surface area (Å²) in [7, 11) is 0. The van der Waals surface area contributed by atoms with Crippen LogP contribution in [0.15, 0.2) is 47.1 Å². The number of halogens is 6. The van der Waals surface area contributed by atoms with Crippen molar-refractivity contribution in [2.24, 2.45) is 16.6 Å². The Morgan fingerprint density at radius 2 is 1.64 bits per heavy atom. The lowest BCUT2D eigenvalue weighted by atomic mass is 9.86. The van der Waals surface area contributed by atoms with E-state index in [9.17, 15) is 41.4 Å². The maximum Gasteiger partial charge on any atom is 0.433 e. The number of nitrogens with two attached hydrogens (primary N) is 1. The van der Waals surface area contributed by atoms with Crippen LogP contribution in [0.4, 0.5) is 22.0 Å². The van der Waals surface area contributed by atoms with Crippen LogP contribution in [0, 0.1) is 31.4 Å². The molecule has 0 aromatic heterocycles. The molecule has 2 aromatic carbocycles. The number of carbonyl (C=O) groups is 3. The molecule has 1 amide bonds. The van der Waals surface area contributed by atoms with E-state index in [-0.39, 0.29) is 41.8 Å². The fraction of sp³-hybridized carbons (Fsp3) is 0.379. The van der Waals surface area contributed by atoms with Gasteiger partial charge in [-0.3, -0.25) is 19.4 Å². The van der Waals surface area contributed by atoms with Gasteiger partial charge in [-0.15, -0.1) is 0 Å². The normalized spacial score (nSPS) is 18.1. The molecule has 1 fully saturated rings. The molecule has 3 rings (SSSR count). The van der Waals surface area contributed by atoms with Crippen molar-refractivity contribution in [2.75, 3.05) is 6.54 Å². The lowest BCUT2D eigenvalue weighted by Gasteiger charge is -2.27. The molecule has 0 radical (unpaired) electrons. The van der Waals surface area contributed by atoms with Crippen LogP contribution in [0.25, 0.3) is 0 Å². The van der Waals surface area contributed by atoms with Gasteiger partial charge in [-0.05, 0) is 74.4 Å². The monoisotopic (exact) mass is 613 g/mol. The fourth-order valence-electron chi connectivity index (χ4n) is 5.00. The van der Waals surface area contributed by atoms with Gasteiger partial charge in [0, 0.05) is 24.4 Å². The number of ketones is 1. The number of aliphatic imine (C=N–C) groups is 1. The molecule has 1 aliphatic carbocycles. The van der Waals surface area contributed by atoms with Crippen LogP contribution in [-0.2, 0) is 16.1 Å². The summed E-state index contributed by atoms with van der Waals surface area (Å²) in [6, 6.07) is 4.57. The molecule has 1 aliphatic rings. The van der Waals surface area contributed by atoms with Gasteiger partial charge in [0.25, 0.3) is 5.91 Å². The highest BCUT2D eigenvalue weighted by Gasteiger charge is 2.43. The Balaban J connectivity index is 2.02. The number of carboxylic acid groups (broad SMARTS) is 1. The summed E-state index contributed by atoms with van der Waals surface area (Å²) in [5, 5.41) is 9.24. The Labute approximate surface area is 243 Å². The zero-order chi connectivity index (χ0) is 31.4. The number of amides is 1. The van der Waals surface area contributed by atoms with Gasteiger partial charge in [0.2, 0.25) is 0 Å². The van der Waals surface area contributed by atoms with E-state index in [1.54, 1.807) is 19.9 Å². The minimum absolute atomic E-state index is 0.0312. The van der Waals surface area contributed by atoms with Crippen molar-refractivity contribution in [3.05, 3.63) is 81.0 Å². The van der Waals surface area contributed by atoms with E-state index in [1.165, 1.54) is 6.07 Å². The summed E-state index contributed by atoms with van der Waals surface area (Å²) in [5.74, 6) is -5.83. The topological polar surface area (TPSA) is 113 Å². The van der Waals surface area contributed by atoms with Crippen LogP contribution >= 0.6 is 11.6 Å². The standard InChI is InChI=1S/C29H29ClF5N3O4/c1-15-7-16(2)25(23(30)8-15)24(39)14-38(13-17-9-19(31)11-20(32)10-17)27(40)22(12-36)26(29(33,34)35)37-21-5-3-18(4-6-21)28(41)42/h7-12,18,21H,3-6,13-14,36H2,1-2H3,(H,41,42). The SMILES string of the molecule is Cc1cc(C)c(C(=O)CN(Cc2cc(F)cc(F)c2)C(=O)C(=CN)C(=NC2CCC(C(=O)O)CC2)C(F)(F)F)c(Cl)c1. The van der Waals surface area contributed by atoms with E-state index in [4.69, 9.17) is 17.3 Å². The van der Waals surface area contributed by atoms with Crippen molar-refractivity contribution >= 4 is 35.0 Å². The van der Waals surface area contributed by atoms with Crippen molar-refractivity contribution in [1.82, 2.24) is 4.90 Å². The summed E-state index contributed by atoms with van der Waals surface area (Å²) in [4.78, 5) is 42.7. The first-order valence-corrected chi connectivity index (χ1v) is 13.3. The Hall–Kier alpha value is -3.80. The molecule has 2 aromatic rings. The molecule has 7 nitrogen and oxygen atoms in total. The van der Waals surface area contributed by atoms with E-state index in [0.29, 0.717) is 22.7 Å². The predicted molar refractivity (Wildman–Crippen MR) is 146 cm³/mol. The number of Topliss-reactive ketones (excluding diaryl/α,β-unsaturated/α-hetero) is 1. The smallest absolute Gasteiger partial charge is 0.433 e. The van der Waals surface area contributed by atoms with Crippen molar-refractivity contribution in [2.45, 2.75) is 58.3 Å². The quantitative estimate of drug-likeness (QED) is 0.157. The molecule has 0 atom stereocenters. The highest BCUT2D eigenvalue weighted by molar-refractivity contribution is 6.34. The molecular weight excluding hydrogens is 585 g/mol. The Morgan fingerprint density at radius 3 is 2.14 bits per heavy atom. The second-order valence-electron chi connectivity index (χ2n) is 10.2. The third-order valence-corrected chi connectivity index (χ3v) is 7.20. The summed E-state index contributed by atoms with van der Waals surface area (Å²) in [6.07, 6.45) is -4.44. The highest BCUT2D eigenvalue weighted by Crippen LogP contribution is 2.31. The molecule has 42 heavy (non-hydrogen) atoms. The fourth-order valence-corrected chi connectivity index (χ4v) is 5.42. The zero-order valence-electron chi connectivity index (χ0n) is 22.8. The molecule has 226 valence electrons. The molecule has 0 spiro atoms. The molecule has 1 saturated carbocycles. The number of alkyl halides is 3. The first-order chi connectivity index (χ1) is 19.6. The number of aliphatic carboxylic acids is 1. The van der Waals surface area contributed by atoms with E-state index < -0.39 is 71.8 Å². The number of rotatable bonds is 9. The number of nitrogens with zero attached hydrogens (tertiary/aromatic N) is 2. The first kappa shape index (κ1) is 32.7. The largest absolute Gasteiger partial charge is 0.481 e. The number of hydrogen-bond acceptors (Lipinski definition) is 5. The Bertz CT molecular complexity index is 1390. The average molecular weight is 614 g/mol. The first-order valence-electron chi connectivity index (χ1n) is 12.9. The number of hydrogen-bond donors (Lipinski definition) is 2. The molecule has 0 unspecified atom stereocenters. The number of carbonyl (C=O) groups excluding carboxylic acids is 2. The zero-order valence-corrected chi connectivity index (χ0v) is 23.5. The maximum atomic E-state index is 14.3. The average Bonchev–Trinajstić information content (AvgIpc) is 2.86. The number of benzene rings is 2. The van der Waals surface area contributed by atoms with Crippen LogP contribution < -0.4 is 5.73 Å². The molecule has 0 aliphatic heterocycles. The van der Waals surface area contributed by atoms with Crippen molar-refractivity contribution < 1.29 is 41.4 Å². The number of carboxylic acids is 1. The van der Waals surface area contributed by atoms with Crippen LogP contribution in [-0.4, -0.2) is 52.1 Å². The molecule has 0 bridgehead atoms. The lowest BCUT2D eigenvalue weighted by Crippen LogP contribution is -2.41. The van der Waals surface area contributed by atoms with Gasteiger partial charge >= 0.3 is 12.1 Å².